The van der Waals surface area contributed by atoms with Gasteiger partial charge in [-0.3, -0.25) is 4.90 Å². The number of urea groups is 1. The number of ether oxygens (including phenoxy) is 1. The molecule has 0 spiro atoms. The number of aliphatic hydroxyl groups is 1. The van der Waals surface area contributed by atoms with E-state index in [2.05, 4.69) is 9.72 Å². The van der Waals surface area contributed by atoms with Crippen molar-refractivity contribution < 1.29 is 41.0 Å². The molecular formula is C12H11F6N3O3. The van der Waals surface area contributed by atoms with E-state index in [-0.39, 0.29) is 0 Å². The van der Waals surface area contributed by atoms with Gasteiger partial charge in [-0.15, -0.1) is 0 Å². The number of aromatic nitrogens is 1. The molecule has 1 fully saturated rings. The molecule has 0 saturated carbocycles. The molecule has 2 atom stereocenters. The highest BCUT2D eigenvalue weighted by Gasteiger charge is 2.47. The molecule has 0 bridgehead atoms. The number of carbonyl (C=O) groups is 1. The smallest absolute Gasteiger partial charge is 0.369 e. The van der Waals surface area contributed by atoms with Gasteiger partial charge in [-0.2, -0.15) is 26.3 Å². The van der Waals surface area contributed by atoms with Crippen molar-refractivity contribution >= 4 is 11.8 Å². The molecule has 1 aromatic heterocycles. The minimum atomic E-state index is -4.72. The summed E-state index contributed by atoms with van der Waals surface area (Å²) in [6.45, 7) is -1.74. The zero-order valence-corrected chi connectivity index (χ0v) is 12.0. The van der Waals surface area contributed by atoms with E-state index < -0.39 is 48.8 Å². The van der Waals surface area contributed by atoms with Crippen LogP contribution in [0.4, 0.5) is 37.0 Å². The van der Waals surface area contributed by atoms with Crippen LogP contribution in [0.15, 0.2) is 18.3 Å². The monoisotopic (exact) mass is 359 g/mol. The number of halogens is 6. The standard InChI is InChI=1S/C12H11F6N3O3/c1-20-9(24-5-11(13,14)15)8(22)21(10(20)23)7-4-6(2-3-19-7)12(16,17)18/h2-4,8-9,22H,5H2,1H3. The summed E-state index contributed by atoms with van der Waals surface area (Å²) in [7, 11) is 1.04. The maximum absolute atomic E-state index is 12.7. The van der Waals surface area contributed by atoms with Crippen LogP contribution in [0, 0.1) is 0 Å². The van der Waals surface area contributed by atoms with Gasteiger partial charge < -0.3 is 9.84 Å². The zero-order chi connectivity index (χ0) is 18.3. The van der Waals surface area contributed by atoms with Crippen molar-refractivity contribution in [2.75, 3.05) is 18.6 Å². The van der Waals surface area contributed by atoms with Gasteiger partial charge in [0.15, 0.2) is 12.5 Å². The minimum absolute atomic E-state index is 0.427. The zero-order valence-electron chi connectivity index (χ0n) is 12.0. The number of likely N-dealkylation sites (N-methyl/N-ethyl adjacent to an activating group) is 1. The lowest BCUT2D eigenvalue weighted by Crippen LogP contribution is -2.40. The van der Waals surface area contributed by atoms with Crippen LogP contribution in [0.2, 0.25) is 0 Å². The highest BCUT2D eigenvalue weighted by Crippen LogP contribution is 2.33. The predicted molar refractivity (Wildman–Crippen MR) is 66.7 cm³/mol. The third kappa shape index (κ3) is 3.70. The molecule has 1 N–H and O–H groups in total. The fourth-order valence-electron chi connectivity index (χ4n) is 2.06. The highest BCUT2D eigenvalue weighted by molar-refractivity contribution is 5.93. The molecule has 2 heterocycles. The van der Waals surface area contributed by atoms with Crippen LogP contribution in [0.3, 0.4) is 0 Å². The summed E-state index contributed by atoms with van der Waals surface area (Å²) in [5.41, 5.74) is -1.13. The van der Waals surface area contributed by atoms with Gasteiger partial charge in [-0.1, -0.05) is 0 Å². The first-order chi connectivity index (χ1) is 10.9. The number of nitrogens with zero attached hydrogens (tertiary/aromatic N) is 3. The largest absolute Gasteiger partial charge is 0.416 e. The number of alkyl halides is 6. The molecule has 2 unspecified atom stereocenters. The van der Waals surface area contributed by atoms with Gasteiger partial charge in [-0.05, 0) is 12.1 Å². The number of aliphatic hydroxyl groups excluding tert-OH is 1. The second kappa shape index (κ2) is 6.09. The first-order valence-electron chi connectivity index (χ1n) is 6.37. The number of carbonyl (C=O) groups excluding carboxylic acids is 1. The van der Waals surface area contributed by atoms with Crippen molar-refractivity contribution in [3.05, 3.63) is 23.9 Å². The molecule has 0 radical (unpaired) electrons. The van der Waals surface area contributed by atoms with Crippen LogP contribution >= 0.6 is 0 Å². The molecular weight excluding hydrogens is 348 g/mol. The summed E-state index contributed by atoms with van der Waals surface area (Å²) in [4.78, 5) is 16.6. The minimum Gasteiger partial charge on any atom is -0.369 e. The summed E-state index contributed by atoms with van der Waals surface area (Å²) in [5.74, 6) is -0.563. The number of hydrogen-bond acceptors (Lipinski definition) is 4. The first-order valence-corrected chi connectivity index (χ1v) is 6.37. The van der Waals surface area contributed by atoms with Crippen molar-refractivity contribution in [3.8, 4) is 0 Å². The van der Waals surface area contributed by atoms with Crippen LogP contribution in [0.5, 0.6) is 0 Å². The molecule has 1 aromatic rings. The summed E-state index contributed by atoms with van der Waals surface area (Å²) in [6, 6.07) is 0.0975. The molecule has 0 aliphatic carbocycles. The van der Waals surface area contributed by atoms with Crippen LogP contribution in [0.25, 0.3) is 0 Å². The lowest BCUT2D eigenvalue weighted by atomic mass is 10.2. The molecule has 2 amide bonds. The van der Waals surface area contributed by atoms with Crippen molar-refractivity contribution in [2.24, 2.45) is 0 Å². The van der Waals surface area contributed by atoms with E-state index in [0.717, 1.165) is 13.2 Å². The number of amides is 2. The Kier molecular flexibility index (Phi) is 4.63. The van der Waals surface area contributed by atoms with E-state index in [1.165, 1.54) is 0 Å². The number of pyridine rings is 1. The second-order valence-electron chi connectivity index (χ2n) is 4.89. The summed E-state index contributed by atoms with van der Waals surface area (Å²) in [5, 5.41) is 9.98. The van der Waals surface area contributed by atoms with E-state index in [9.17, 15) is 36.2 Å². The average Bonchev–Trinajstić information content (AvgIpc) is 2.66. The molecule has 1 saturated heterocycles. The van der Waals surface area contributed by atoms with Crippen molar-refractivity contribution in [1.29, 1.82) is 0 Å². The topological polar surface area (TPSA) is 65.9 Å². The normalized spacial score (nSPS) is 22.4. The Morgan fingerprint density at radius 3 is 2.46 bits per heavy atom. The van der Waals surface area contributed by atoms with Gasteiger partial charge in [0.25, 0.3) is 0 Å². The average molecular weight is 359 g/mol. The lowest BCUT2D eigenvalue weighted by Gasteiger charge is -2.22. The Morgan fingerprint density at radius 2 is 1.92 bits per heavy atom. The van der Waals surface area contributed by atoms with Gasteiger partial charge >= 0.3 is 18.4 Å². The van der Waals surface area contributed by atoms with Gasteiger partial charge in [0.05, 0.1) is 5.56 Å². The summed E-state index contributed by atoms with van der Waals surface area (Å²) >= 11 is 0. The van der Waals surface area contributed by atoms with Gasteiger partial charge in [0.1, 0.15) is 12.4 Å². The van der Waals surface area contributed by atoms with Crippen LogP contribution < -0.4 is 4.90 Å². The predicted octanol–water partition coefficient (Wildman–Crippen LogP) is 2.20. The third-order valence-electron chi connectivity index (χ3n) is 3.15. The molecule has 1 aliphatic rings. The molecule has 1 aliphatic heterocycles. The summed E-state index contributed by atoms with van der Waals surface area (Å²) < 4.78 is 79.2. The van der Waals surface area contributed by atoms with Crippen LogP contribution in [0.1, 0.15) is 5.56 Å². The SMILES string of the molecule is CN1C(=O)N(c2cc(C(F)(F)F)ccn2)C(O)C1OCC(F)(F)F. The lowest BCUT2D eigenvalue weighted by molar-refractivity contribution is -0.205. The van der Waals surface area contributed by atoms with Gasteiger partial charge in [0, 0.05) is 13.2 Å². The fraction of sp³-hybridized carbons (Fsp3) is 0.500. The van der Waals surface area contributed by atoms with Crippen molar-refractivity contribution in [2.45, 2.75) is 24.8 Å². The van der Waals surface area contributed by atoms with E-state index in [1.54, 1.807) is 0 Å². The summed E-state index contributed by atoms with van der Waals surface area (Å²) in [6.07, 6.45) is -12.3. The number of anilines is 1. The van der Waals surface area contributed by atoms with E-state index in [4.69, 9.17) is 0 Å². The van der Waals surface area contributed by atoms with Crippen molar-refractivity contribution in [3.63, 3.8) is 0 Å². The quantitative estimate of drug-likeness (QED) is 0.841. The molecule has 6 nitrogen and oxygen atoms in total. The van der Waals surface area contributed by atoms with Crippen LogP contribution in [-0.2, 0) is 10.9 Å². The molecule has 2 rings (SSSR count). The second-order valence-corrected chi connectivity index (χ2v) is 4.89. The number of rotatable bonds is 3. The van der Waals surface area contributed by atoms with Gasteiger partial charge in [-0.25, -0.2) is 14.7 Å². The molecule has 134 valence electrons. The maximum Gasteiger partial charge on any atom is 0.416 e. The first kappa shape index (κ1) is 18.3. The Hall–Kier alpha value is -2.08. The van der Waals surface area contributed by atoms with Crippen LogP contribution in [-0.4, -0.2) is 53.3 Å². The third-order valence-corrected chi connectivity index (χ3v) is 3.15. The molecule has 24 heavy (non-hydrogen) atoms. The van der Waals surface area contributed by atoms with E-state index in [1.807, 2.05) is 0 Å². The molecule has 12 heteroatoms. The fourth-order valence-corrected chi connectivity index (χ4v) is 2.06. The Morgan fingerprint density at radius 1 is 1.29 bits per heavy atom. The van der Waals surface area contributed by atoms with E-state index >= 15 is 0 Å². The van der Waals surface area contributed by atoms with Gasteiger partial charge in [0.2, 0.25) is 0 Å². The molecule has 0 aromatic carbocycles. The van der Waals surface area contributed by atoms with E-state index in [0.29, 0.717) is 21.9 Å². The number of hydrogen-bond donors (Lipinski definition) is 1. The van der Waals surface area contributed by atoms with Crippen molar-refractivity contribution in [1.82, 2.24) is 9.88 Å². The maximum atomic E-state index is 12.7. The Labute approximate surface area is 131 Å². The Balaban J connectivity index is 2.27. The Bertz CT molecular complexity index is 621. The highest BCUT2D eigenvalue weighted by atomic mass is 19.4.